The maximum atomic E-state index is 4.58. The molecular weight excluding hydrogens is 258 g/mol. The van der Waals surface area contributed by atoms with Gasteiger partial charge in [-0.15, -0.1) is 0 Å². The standard InChI is InChI=1S/C18H15N3/c1-3-8-15(9-4-1)20-14-21(16-10-5-2-6-11-16)18-17(20)12-7-13-19-18/h1-13H,14H2. The van der Waals surface area contributed by atoms with Gasteiger partial charge in [0.05, 0.1) is 5.69 Å². The molecule has 0 bridgehead atoms. The Morgan fingerprint density at radius 1 is 0.667 bits per heavy atom. The first-order valence-electron chi connectivity index (χ1n) is 7.04. The van der Waals surface area contributed by atoms with E-state index < -0.39 is 0 Å². The van der Waals surface area contributed by atoms with E-state index in [1.807, 2.05) is 24.4 Å². The molecule has 2 aromatic carbocycles. The van der Waals surface area contributed by atoms with Crippen molar-refractivity contribution in [2.24, 2.45) is 0 Å². The topological polar surface area (TPSA) is 19.4 Å². The first-order chi connectivity index (χ1) is 10.4. The summed E-state index contributed by atoms with van der Waals surface area (Å²) in [6, 6.07) is 24.9. The molecule has 3 nitrogen and oxygen atoms in total. The molecule has 1 aliphatic rings. The smallest absolute Gasteiger partial charge is 0.158 e. The molecule has 0 fully saturated rings. The first kappa shape index (κ1) is 12.0. The van der Waals surface area contributed by atoms with Crippen LogP contribution in [0.15, 0.2) is 79.0 Å². The largest absolute Gasteiger partial charge is 0.320 e. The average molecular weight is 273 g/mol. The molecule has 0 unspecified atom stereocenters. The second-order valence-corrected chi connectivity index (χ2v) is 5.01. The molecule has 3 heteroatoms. The highest BCUT2D eigenvalue weighted by Gasteiger charge is 2.28. The Hall–Kier alpha value is -2.81. The van der Waals surface area contributed by atoms with E-state index >= 15 is 0 Å². The van der Waals surface area contributed by atoms with Gasteiger partial charge in [0.15, 0.2) is 5.82 Å². The molecule has 102 valence electrons. The molecule has 0 spiro atoms. The zero-order chi connectivity index (χ0) is 14.1. The number of nitrogens with zero attached hydrogens (tertiary/aromatic N) is 3. The van der Waals surface area contributed by atoms with E-state index in [2.05, 4.69) is 69.4 Å². The maximum Gasteiger partial charge on any atom is 0.158 e. The second kappa shape index (κ2) is 4.94. The van der Waals surface area contributed by atoms with Crippen LogP contribution in [0.4, 0.5) is 22.9 Å². The van der Waals surface area contributed by atoms with E-state index in [1.165, 1.54) is 5.69 Å². The van der Waals surface area contributed by atoms with Crippen LogP contribution in [0.2, 0.25) is 0 Å². The highest BCUT2D eigenvalue weighted by atomic mass is 15.4. The highest BCUT2D eigenvalue weighted by Crippen LogP contribution is 2.42. The number of rotatable bonds is 2. The van der Waals surface area contributed by atoms with Crippen molar-refractivity contribution in [3.63, 3.8) is 0 Å². The van der Waals surface area contributed by atoms with Crippen LogP contribution < -0.4 is 9.80 Å². The Kier molecular flexibility index (Phi) is 2.82. The quantitative estimate of drug-likeness (QED) is 0.693. The zero-order valence-electron chi connectivity index (χ0n) is 11.6. The van der Waals surface area contributed by atoms with Crippen LogP contribution in [-0.2, 0) is 0 Å². The first-order valence-corrected chi connectivity index (χ1v) is 7.04. The van der Waals surface area contributed by atoms with Crippen molar-refractivity contribution in [3.05, 3.63) is 79.0 Å². The minimum absolute atomic E-state index is 0.778. The summed E-state index contributed by atoms with van der Waals surface area (Å²) in [6.45, 7) is 0.778. The Bertz CT molecular complexity index is 676. The number of aromatic nitrogens is 1. The van der Waals surface area contributed by atoms with Gasteiger partial charge in [0.1, 0.15) is 6.67 Å². The van der Waals surface area contributed by atoms with Gasteiger partial charge in [0.2, 0.25) is 0 Å². The number of pyridine rings is 1. The molecule has 0 saturated carbocycles. The van der Waals surface area contributed by atoms with Crippen molar-refractivity contribution in [1.29, 1.82) is 0 Å². The summed E-state index contributed by atoms with van der Waals surface area (Å²) in [5.41, 5.74) is 3.49. The monoisotopic (exact) mass is 273 g/mol. The lowest BCUT2D eigenvalue weighted by Crippen LogP contribution is -2.23. The van der Waals surface area contributed by atoms with Crippen molar-refractivity contribution in [2.45, 2.75) is 0 Å². The second-order valence-electron chi connectivity index (χ2n) is 5.01. The number of para-hydroxylation sites is 2. The van der Waals surface area contributed by atoms with Crippen molar-refractivity contribution >= 4 is 22.9 Å². The fourth-order valence-corrected chi connectivity index (χ4v) is 2.73. The lowest BCUT2D eigenvalue weighted by atomic mass is 10.3. The molecule has 1 aromatic heterocycles. The fraction of sp³-hybridized carbons (Fsp3) is 0.0556. The van der Waals surface area contributed by atoms with E-state index in [0.29, 0.717) is 0 Å². The van der Waals surface area contributed by atoms with Gasteiger partial charge in [-0.1, -0.05) is 36.4 Å². The van der Waals surface area contributed by atoms with Gasteiger partial charge in [0.25, 0.3) is 0 Å². The Balaban J connectivity index is 1.81. The van der Waals surface area contributed by atoms with Gasteiger partial charge in [-0.3, -0.25) is 0 Å². The van der Waals surface area contributed by atoms with E-state index in [-0.39, 0.29) is 0 Å². The van der Waals surface area contributed by atoms with Gasteiger partial charge in [-0.25, -0.2) is 4.98 Å². The summed E-state index contributed by atoms with van der Waals surface area (Å²) in [7, 11) is 0. The Labute approximate surface area is 124 Å². The van der Waals surface area contributed by atoms with Crippen LogP contribution in [0.1, 0.15) is 0 Å². The Morgan fingerprint density at radius 3 is 1.95 bits per heavy atom. The lowest BCUT2D eigenvalue weighted by molar-refractivity contribution is 0.981. The summed E-state index contributed by atoms with van der Waals surface area (Å²) >= 11 is 0. The SMILES string of the molecule is c1ccc(N2CN(c3ccccc3)c3ncccc32)cc1. The third-order valence-electron chi connectivity index (χ3n) is 3.73. The molecule has 4 rings (SSSR count). The summed E-state index contributed by atoms with van der Waals surface area (Å²) in [5, 5.41) is 0. The van der Waals surface area contributed by atoms with Gasteiger partial charge < -0.3 is 9.80 Å². The third kappa shape index (κ3) is 2.03. The summed E-state index contributed by atoms with van der Waals surface area (Å²) in [6.07, 6.45) is 1.85. The van der Waals surface area contributed by atoms with Crippen LogP contribution in [-0.4, -0.2) is 11.7 Å². The van der Waals surface area contributed by atoms with E-state index in [1.54, 1.807) is 0 Å². The predicted octanol–water partition coefficient (Wildman–Crippen LogP) is 4.33. The number of benzene rings is 2. The number of anilines is 4. The normalized spacial score (nSPS) is 13.3. The molecule has 2 heterocycles. The van der Waals surface area contributed by atoms with Crippen molar-refractivity contribution < 1.29 is 0 Å². The van der Waals surface area contributed by atoms with Crippen LogP contribution in [0.5, 0.6) is 0 Å². The average Bonchev–Trinajstić information content (AvgIpc) is 2.96. The number of hydrogen-bond acceptors (Lipinski definition) is 3. The zero-order valence-corrected chi connectivity index (χ0v) is 11.6. The van der Waals surface area contributed by atoms with E-state index in [4.69, 9.17) is 0 Å². The van der Waals surface area contributed by atoms with Gasteiger partial charge in [-0.05, 0) is 36.4 Å². The summed E-state index contributed by atoms with van der Waals surface area (Å²) in [4.78, 5) is 9.10. The minimum atomic E-state index is 0.778. The molecule has 0 radical (unpaired) electrons. The van der Waals surface area contributed by atoms with Gasteiger partial charge in [0, 0.05) is 17.6 Å². The van der Waals surface area contributed by atoms with Crippen LogP contribution >= 0.6 is 0 Å². The Morgan fingerprint density at radius 2 is 1.29 bits per heavy atom. The minimum Gasteiger partial charge on any atom is -0.320 e. The fourth-order valence-electron chi connectivity index (χ4n) is 2.73. The molecule has 0 N–H and O–H groups in total. The molecular formula is C18H15N3. The molecule has 3 aromatic rings. The molecule has 0 amide bonds. The van der Waals surface area contributed by atoms with Crippen molar-refractivity contribution in [1.82, 2.24) is 4.98 Å². The number of fused-ring (bicyclic) bond motifs is 1. The van der Waals surface area contributed by atoms with Gasteiger partial charge in [-0.2, -0.15) is 0 Å². The highest BCUT2D eigenvalue weighted by molar-refractivity contribution is 5.84. The number of hydrogen-bond donors (Lipinski definition) is 0. The van der Waals surface area contributed by atoms with Crippen LogP contribution in [0.3, 0.4) is 0 Å². The van der Waals surface area contributed by atoms with Crippen LogP contribution in [0, 0.1) is 0 Å². The van der Waals surface area contributed by atoms with E-state index in [0.717, 1.165) is 23.9 Å². The molecule has 0 atom stereocenters. The third-order valence-corrected chi connectivity index (χ3v) is 3.73. The lowest BCUT2D eigenvalue weighted by Gasteiger charge is -2.21. The van der Waals surface area contributed by atoms with Crippen molar-refractivity contribution in [3.8, 4) is 0 Å². The van der Waals surface area contributed by atoms with Crippen LogP contribution in [0.25, 0.3) is 0 Å². The van der Waals surface area contributed by atoms with Gasteiger partial charge >= 0.3 is 0 Å². The molecule has 0 saturated heterocycles. The molecule has 1 aliphatic heterocycles. The van der Waals surface area contributed by atoms with E-state index in [9.17, 15) is 0 Å². The van der Waals surface area contributed by atoms with Crippen molar-refractivity contribution in [2.75, 3.05) is 16.5 Å². The molecule has 0 aliphatic carbocycles. The molecule has 21 heavy (non-hydrogen) atoms. The summed E-state index contributed by atoms with van der Waals surface area (Å²) < 4.78 is 0. The predicted molar refractivity (Wildman–Crippen MR) is 86.3 cm³/mol. The maximum absolute atomic E-state index is 4.58. The summed E-state index contributed by atoms with van der Waals surface area (Å²) in [5.74, 6) is 1.01.